The Labute approximate surface area is 49.3 Å². The molecule has 0 aromatic rings. The highest BCUT2D eigenvalue weighted by Crippen LogP contribution is 2.16. The molecule has 0 aliphatic carbocycles. The Morgan fingerprint density at radius 3 is 1.33 bits per heavy atom. The van der Waals surface area contributed by atoms with E-state index in [0.29, 0.717) is 0 Å². The molecule has 0 spiro atoms. The standard InChI is InChI=1S/C4H6F4O/c5-3(6)2(1-9)4(7)8/h2-4,9H,1H2. The van der Waals surface area contributed by atoms with E-state index in [9.17, 15) is 17.6 Å². The van der Waals surface area contributed by atoms with E-state index in [1.165, 1.54) is 0 Å². The molecule has 0 fully saturated rings. The highest BCUT2D eigenvalue weighted by molar-refractivity contribution is 4.61. The lowest BCUT2D eigenvalue weighted by Gasteiger charge is -2.09. The van der Waals surface area contributed by atoms with Crippen LogP contribution in [0, 0.1) is 5.92 Å². The molecule has 0 saturated carbocycles. The summed E-state index contributed by atoms with van der Waals surface area (Å²) in [5.41, 5.74) is 0. The first kappa shape index (κ1) is 8.68. The molecule has 9 heavy (non-hydrogen) atoms. The summed E-state index contributed by atoms with van der Waals surface area (Å²) < 4.78 is 45.2. The summed E-state index contributed by atoms with van der Waals surface area (Å²) in [6, 6.07) is 0. The van der Waals surface area contributed by atoms with Crippen molar-refractivity contribution in [2.24, 2.45) is 5.92 Å². The van der Waals surface area contributed by atoms with E-state index in [-0.39, 0.29) is 0 Å². The zero-order valence-corrected chi connectivity index (χ0v) is 4.40. The molecule has 1 nitrogen and oxygen atoms in total. The second-order valence-electron chi connectivity index (χ2n) is 1.52. The Morgan fingerprint density at radius 2 is 1.33 bits per heavy atom. The molecule has 0 aliphatic heterocycles. The highest BCUT2D eigenvalue weighted by Gasteiger charge is 2.28. The van der Waals surface area contributed by atoms with Gasteiger partial charge in [0.15, 0.2) is 0 Å². The van der Waals surface area contributed by atoms with Gasteiger partial charge in [0.05, 0.1) is 6.61 Å². The Kier molecular flexibility index (Phi) is 3.53. The van der Waals surface area contributed by atoms with Crippen LogP contribution >= 0.6 is 0 Å². The van der Waals surface area contributed by atoms with Crippen LogP contribution in [0.4, 0.5) is 17.6 Å². The van der Waals surface area contributed by atoms with Crippen molar-refractivity contribution in [2.75, 3.05) is 6.61 Å². The Bertz CT molecular complexity index is 67.0. The molecule has 0 rings (SSSR count). The fourth-order valence-corrected chi connectivity index (χ4v) is 0.269. The molecule has 0 saturated heterocycles. The molecule has 0 unspecified atom stereocenters. The third-order valence-corrected chi connectivity index (χ3v) is 0.858. The van der Waals surface area contributed by atoms with Crippen LogP contribution in [-0.4, -0.2) is 24.6 Å². The normalized spacial score (nSPS) is 12.0. The maximum Gasteiger partial charge on any atom is 0.249 e. The van der Waals surface area contributed by atoms with Crippen LogP contribution in [-0.2, 0) is 0 Å². The molecule has 0 heterocycles. The summed E-state index contributed by atoms with van der Waals surface area (Å²) in [6.07, 6.45) is -6.29. The molecule has 0 aromatic carbocycles. The maximum atomic E-state index is 11.3. The minimum atomic E-state index is -3.14. The van der Waals surface area contributed by atoms with Crippen molar-refractivity contribution in [3.63, 3.8) is 0 Å². The Hall–Kier alpha value is -0.320. The van der Waals surface area contributed by atoms with Gasteiger partial charge in [-0.05, 0) is 0 Å². The van der Waals surface area contributed by atoms with Gasteiger partial charge in [0.2, 0.25) is 12.9 Å². The number of alkyl halides is 4. The molecular formula is C4H6F4O. The summed E-state index contributed by atoms with van der Waals surface area (Å²) in [6.45, 7) is -1.17. The Morgan fingerprint density at radius 1 is 1.00 bits per heavy atom. The lowest BCUT2D eigenvalue weighted by atomic mass is 10.2. The number of hydrogen-bond acceptors (Lipinski definition) is 1. The van der Waals surface area contributed by atoms with Crippen LogP contribution < -0.4 is 0 Å². The van der Waals surface area contributed by atoms with Crippen molar-refractivity contribution in [2.45, 2.75) is 12.9 Å². The van der Waals surface area contributed by atoms with Gasteiger partial charge in [-0.15, -0.1) is 0 Å². The van der Waals surface area contributed by atoms with Gasteiger partial charge < -0.3 is 5.11 Å². The third-order valence-electron chi connectivity index (χ3n) is 0.858. The van der Waals surface area contributed by atoms with E-state index in [4.69, 9.17) is 5.11 Å². The number of hydrogen-bond donors (Lipinski definition) is 1. The lowest BCUT2D eigenvalue weighted by Crippen LogP contribution is -2.23. The van der Waals surface area contributed by atoms with Gasteiger partial charge in [-0.25, -0.2) is 17.6 Å². The summed E-state index contributed by atoms with van der Waals surface area (Å²) in [5, 5.41) is 7.91. The molecule has 0 aromatic heterocycles. The number of aliphatic hydroxyl groups excluding tert-OH is 1. The van der Waals surface area contributed by atoms with Crippen LogP contribution in [0.2, 0.25) is 0 Å². The van der Waals surface area contributed by atoms with Crippen LogP contribution in [0.5, 0.6) is 0 Å². The van der Waals surface area contributed by atoms with Crippen molar-refractivity contribution in [1.29, 1.82) is 0 Å². The molecule has 0 bridgehead atoms. The molecule has 0 radical (unpaired) electrons. The lowest BCUT2D eigenvalue weighted by molar-refractivity contribution is -0.0509. The van der Waals surface area contributed by atoms with E-state index in [1.54, 1.807) is 0 Å². The largest absolute Gasteiger partial charge is 0.396 e. The molecule has 56 valence electrons. The molecule has 5 heteroatoms. The SMILES string of the molecule is OCC(C(F)F)C(F)F. The summed E-state index contributed by atoms with van der Waals surface area (Å²) in [7, 11) is 0. The van der Waals surface area contributed by atoms with Gasteiger partial charge in [-0.1, -0.05) is 0 Å². The highest BCUT2D eigenvalue weighted by atomic mass is 19.3. The van der Waals surface area contributed by atoms with Gasteiger partial charge in [-0.3, -0.25) is 0 Å². The summed E-state index contributed by atoms with van der Waals surface area (Å²) >= 11 is 0. The smallest absolute Gasteiger partial charge is 0.249 e. The number of rotatable bonds is 3. The molecule has 0 amide bonds. The fraction of sp³-hybridized carbons (Fsp3) is 1.00. The van der Waals surface area contributed by atoms with E-state index in [0.717, 1.165) is 0 Å². The zero-order chi connectivity index (χ0) is 7.44. The molecule has 1 N–H and O–H groups in total. The molecule has 0 atom stereocenters. The van der Waals surface area contributed by atoms with Gasteiger partial charge in [0.1, 0.15) is 5.92 Å². The third kappa shape index (κ3) is 2.64. The minimum absolute atomic E-state index is 1.17. The number of halogens is 4. The maximum absolute atomic E-state index is 11.3. The Balaban J connectivity index is 3.68. The molecule has 0 aliphatic rings. The first-order valence-corrected chi connectivity index (χ1v) is 2.26. The van der Waals surface area contributed by atoms with Crippen molar-refractivity contribution < 1.29 is 22.7 Å². The predicted molar refractivity (Wildman–Crippen MR) is 22.6 cm³/mol. The average Bonchev–Trinajstić information content (AvgIpc) is 1.64. The van der Waals surface area contributed by atoms with Gasteiger partial charge in [0, 0.05) is 0 Å². The van der Waals surface area contributed by atoms with Gasteiger partial charge in [-0.2, -0.15) is 0 Å². The van der Waals surface area contributed by atoms with Gasteiger partial charge in [0.25, 0.3) is 0 Å². The zero-order valence-electron chi connectivity index (χ0n) is 4.40. The van der Waals surface area contributed by atoms with Gasteiger partial charge >= 0.3 is 0 Å². The van der Waals surface area contributed by atoms with Crippen molar-refractivity contribution in [3.8, 4) is 0 Å². The summed E-state index contributed by atoms with van der Waals surface area (Å²) in [5.74, 6) is -2.19. The van der Waals surface area contributed by atoms with Crippen molar-refractivity contribution in [3.05, 3.63) is 0 Å². The minimum Gasteiger partial charge on any atom is -0.396 e. The first-order chi connectivity index (χ1) is 4.09. The number of aliphatic hydroxyl groups is 1. The topological polar surface area (TPSA) is 20.2 Å². The fourth-order valence-electron chi connectivity index (χ4n) is 0.269. The van der Waals surface area contributed by atoms with E-state index in [2.05, 4.69) is 0 Å². The predicted octanol–water partition coefficient (Wildman–Crippen LogP) is 1.13. The van der Waals surface area contributed by atoms with Crippen molar-refractivity contribution in [1.82, 2.24) is 0 Å². The van der Waals surface area contributed by atoms with Crippen LogP contribution in [0.15, 0.2) is 0 Å². The summed E-state index contributed by atoms with van der Waals surface area (Å²) in [4.78, 5) is 0. The van der Waals surface area contributed by atoms with E-state index >= 15 is 0 Å². The van der Waals surface area contributed by atoms with Crippen LogP contribution in [0.3, 0.4) is 0 Å². The average molecular weight is 146 g/mol. The van der Waals surface area contributed by atoms with Crippen molar-refractivity contribution >= 4 is 0 Å². The second kappa shape index (κ2) is 3.66. The van der Waals surface area contributed by atoms with Crippen LogP contribution in [0.25, 0.3) is 0 Å². The molecular weight excluding hydrogens is 140 g/mol. The first-order valence-electron chi connectivity index (χ1n) is 2.26. The van der Waals surface area contributed by atoms with Crippen LogP contribution in [0.1, 0.15) is 0 Å². The van der Waals surface area contributed by atoms with E-state index in [1.807, 2.05) is 0 Å². The monoisotopic (exact) mass is 146 g/mol. The quantitative estimate of drug-likeness (QED) is 0.591. The second-order valence-corrected chi connectivity index (χ2v) is 1.52. The van der Waals surface area contributed by atoms with E-state index < -0.39 is 25.4 Å².